The number of halogens is 3. The SMILES string of the molecule is COP(=O)(OC)[C@@H](Nc1cccc(C(F)(F)F)c1)c1ccc([N+](=O)[O-])cc1. The number of nitrogens with one attached hydrogen (secondary N) is 1. The van der Waals surface area contributed by atoms with Gasteiger partial charge in [-0.3, -0.25) is 14.7 Å². The second-order valence-corrected chi connectivity index (χ2v) is 7.71. The maximum Gasteiger partial charge on any atom is 0.416 e. The molecule has 146 valence electrons. The number of hydrogen-bond donors (Lipinski definition) is 1. The van der Waals surface area contributed by atoms with Crippen LogP contribution in [0.4, 0.5) is 24.5 Å². The zero-order chi connectivity index (χ0) is 20.2. The molecule has 0 radical (unpaired) electrons. The van der Waals surface area contributed by atoms with Crippen LogP contribution in [0.15, 0.2) is 48.5 Å². The van der Waals surface area contributed by atoms with Crippen molar-refractivity contribution in [1.29, 1.82) is 0 Å². The first kappa shape index (κ1) is 20.9. The van der Waals surface area contributed by atoms with E-state index in [1.54, 1.807) is 0 Å². The Kier molecular flexibility index (Phi) is 6.25. The van der Waals surface area contributed by atoms with Crippen molar-refractivity contribution in [3.05, 3.63) is 69.8 Å². The Morgan fingerprint density at radius 3 is 2.19 bits per heavy atom. The lowest BCUT2D eigenvalue weighted by Crippen LogP contribution is -2.14. The third-order valence-corrected chi connectivity index (χ3v) is 5.82. The highest BCUT2D eigenvalue weighted by atomic mass is 31.2. The van der Waals surface area contributed by atoms with Crippen LogP contribution < -0.4 is 5.32 Å². The van der Waals surface area contributed by atoms with Crippen molar-refractivity contribution < 1.29 is 31.7 Å². The Morgan fingerprint density at radius 1 is 1.11 bits per heavy atom. The Morgan fingerprint density at radius 2 is 1.70 bits per heavy atom. The number of non-ortho nitro benzene ring substituents is 1. The normalized spacial score (nSPS) is 13.2. The average Bonchev–Trinajstić information content (AvgIpc) is 2.65. The third kappa shape index (κ3) is 4.85. The zero-order valence-corrected chi connectivity index (χ0v) is 15.2. The van der Waals surface area contributed by atoms with E-state index in [1.165, 1.54) is 36.4 Å². The number of benzene rings is 2. The first-order valence-electron chi connectivity index (χ1n) is 7.50. The van der Waals surface area contributed by atoms with Crippen molar-refractivity contribution in [3.63, 3.8) is 0 Å². The summed E-state index contributed by atoms with van der Waals surface area (Å²) < 4.78 is 61.6. The fourth-order valence-electron chi connectivity index (χ4n) is 2.35. The molecule has 0 spiro atoms. The lowest BCUT2D eigenvalue weighted by atomic mass is 10.1. The summed E-state index contributed by atoms with van der Waals surface area (Å²) in [7, 11) is -1.56. The minimum absolute atomic E-state index is 0.0301. The first-order chi connectivity index (χ1) is 12.6. The lowest BCUT2D eigenvalue weighted by molar-refractivity contribution is -0.384. The molecule has 7 nitrogen and oxygen atoms in total. The van der Waals surface area contributed by atoms with Crippen molar-refractivity contribution in [2.75, 3.05) is 19.5 Å². The van der Waals surface area contributed by atoms with Crippen molar-refractivity contribution in [2.24, 2.45) is 0 Å². The van der Waals surface area contributed by atoms with Gasteiger partial charge in [-0.25, -0.2) is 0 Å². The van der Waals surface area contributed by atoms with Gasteiger partial charge < -0.3 is 14.4 Å². The van der Waals surface area contributed by atoms with Crippen LogP contribution in [0.3, 0.4) is 0 Å². The molecule has 0 saturated carbocycles. The molecule has 0 bridgehead atoms. The van der Waals surface area contributed by atoms with Gasteiger partial charge in [-0.2, -0.15) is 13.2 Å². The molecule has 0 aliphatic carbocycles. The maximum absolute atomic E-state index is 12.9. The number of nitrogens with zero attached hydrogens (tertiary/aromatic N) is 1. The van der Waals surface area contributed by atoms with Crippen molar-refractivity contribution >= 4 is 19.0 Å². The smallest absolute Gasteiger partial charge is 0.368 e. The number of nitro benzene ring substituents is 1. The van der Waals surface area contributed by atoms with E-state index in [-0.39, 0.29) is 16.9 Å². The second kappa shape index (κ2) is 8.08. The highest BCUT2D eigenvalue weighted by Crippen LogP contribution is 2.59. The second-order valence-electron chi connectivity index (χ2n) is 5.38. The molecule has 2 aromatic carbocycles. The van der Waals surface area contributed by atoms with Crippen LogP contribution in [0.1, 0.15) is 16.9 Å². The summed E-state index contributed by atoms with van der Waals surface area (Å²) in [6, 6.07) is 9.35. The average molecular weight is 404 g/mol. The molecular weight excluding hydrogens is 388 g/mol. The Balaban J connectivity index is 2.45. The van der Waals surface area contributed by atoms with E-state index in [4.69, 9.17) is 9.05 Å². The van der Waals surface area contributed by atoms with Gasteiger partial charge in [0.15, 0.2) is 5.78 Å². The minimum atomic E-state index is -4.55. The fraction of sp³-hybridized carbons (Fsp3) is 0.250. The first-order valence-corrected chi connectivity index (χ1v) is 9.11. The molecule has 27 heavy (non-hydrogen) atoms. The van der Waals surface area contributed by atoms with Crippen LogP contribution in [-0.2, 0) is 19.8 Å². The van der Waals surface area contributed by atoms with Gasteiger partial charge in [-0.1, -0.05) is 6.07 Å². The maximum atomic E-state index is 12.9. The van der Waals surface area contributed by atoms with Crippen LogP contribution >= 0.6 is 7.60 Å². The molecule has 0 aromatic heterocycles. The molecule has 0 amide bonds. The van der Waals surface area contributed by atoms with Gasteiger partial charge in [0.25, 0.3) is 5.69 Å². The summed E-state index contributed by atoms with van der Waals surface area (Å²) >= 11 is 0. The molecule has 1 N–H and O–H groups in total. The number of anilines is 1. The van der Waals surface area contributed by atoms with Crippen LogP contribution in [-0.4, -0.2) is 19.1 Å². The van der Waals surface area contributed by atoms with Gasteiger partial charge in [0.05, 0.1) is 10.5 Å². The standard InChI is InChI=1S/C16H16F3N2O5P/c1-25-27(24,26-2)15(11-6-8-14(9-7-11)21(22)23)20-13-5-3-4-12(10-13)16(17,18)19/h3-10,15,20H,1-2H3/t15-/m1/s1. The van der Waals surface area contributed by atoms with Gasteiger partial charge in [-0.05, 0) is 35.9 Å². The number of hydrogen-bond acceptors (Lipinski definition) is 6. The van der Waals surface area contributed by atoms with Crippen LogP contribution in [0.25, 0.3) is 0 Å². The topological polar surface area (TPSA) is 90.7 Å². The molecule has 1 atom stereocenters. The number of alkyl halides is 3. The summed E-state index contributed by atoms with van der Waals surface area (Å²) in [5, 5.41) is 13.5. The quantitative estimate of drug-likeness (QED) is 0.387. The fourth-order valence-corrected chi connectivity index (χ4v) is 3.77. The molecular formula is C16H16F3N2O5P. The van der Waals surface area contributed by atoms with Crippen molar-refractivity contribution in [3.8, 4) is 0 Å². The van der Waals surface area contributed by atoms with E-state index >= 15 is 0 Å². The van der Waals surface area contributed by atoms with E-state index < -0.39 is 30.0 Å². The summed E-state index contributed by atoms with van der Waals surface area (Å²) in [5.74, 6) is -1.18. The van der Waals surface area contributed by atoms with E-state index in [1.807, 2.05) is 0 Å². The van der Waals surface area contributed by atoms with E-state index in [2.05, 4.69) is 5.32 Å². The monoisotopic (exact) mass is 404 g/mol. The highest BCUT2D eigenvalue weighted by molar-refractivity contribution is 7.54. The van der Waals surface area contributed by atoms with Gasteiger partial charge in [0.1, 0.15) is 0 Å². The predicted octanol–water partition coefficient (Wildman–Crippen LogP) is 5.21. The molecule has 0 fully saturated rings. The Bertz CT molecular complexity index is 850. The van der Waals surface area contributed by atoms with E-state index in [0.29, 0.717) is 0 Å². The molecule has 2 rings (SSSR count). The van der Waals surface area contributed by atoms with Gasteiger partial charge in [-0.15, -0.1) is 0 Å². The van der Waals surface area contributed by atoms with Gasteiger partial charge in [0.2, 0.25) is 0 Å². The van der Waals surface area contributed by atoms with Crippen LogP contribution in [0.2, 0.25) is 0 Å². The van der Waals surface area contributed by atoms with Crippen molar-refractivity contribution in [2.45, 2.75) is 12.0 Å². The summed E-state index contributed by atoms with van der Waals surface area (Å²) in [4.78, 5) is 10.2. The predicted molar refractivity (Wildman–Crippen MR) is 92.5 cm³/mol. The van der Waals surface area contributed by atoms with E-state index in [0.717, 1.165) is 26.4 Å². The van der Waals surface area contributed by atoms with Gasteiger partial charge >= 0.3 is 13.8 Å². The molecule has 0 aliphatic rings. The van der Waals surface area contributed by atoms with Crippen molar-refractivity contribution in [1.82, 2.24) is 0 Å². The minimum Gasteiger partial charge on any atom is -0.368 e. The molecule has 0 saturated heterocycles. The molecule has 11 heteroatoms. The summed E-state index contributed by atoms with van der Waals surface area (Å²) in [6.07, 6.45) is -4.55. The molecule has 0 unspecified atom stereocenters. The Labute approximate surface area is 152 Å². The van der Waals surface area contributed by atoms with Crippen LogP contribution in [0.5, 0.6) is 0 Å². The summed E-state index contributed by atoms with van der Waals surface area (Å²) in [6.45, 7) is 0. The number of rotatable bonds is 7. The molecule has 0 aliphatic heterocycles. The molecule has 0 heterocycles. The largest absolute Gasteiger partial charge is 0.416 e. The summed E-state index contributed by atoms with van der Waals surface area (Å²) in [5.41, 5.74) is -0.770. The third-order valence-electron chi connectivity index (χ3n) is 3.74. The van der Waals surface area contributed by atoms with Crippen LogP contribution in [0, 0.1) is 10.1 Å². The van der Waals surface area contributed by atoms with E-state index in [9.17, 15) is 27.9 Å². The highest BCUT2D eigenvalue weighted by Gasteiger charge is 2.36. The van der Waals surface area contributed by atoms with Gasteiger partial charge in [0, 0.05) is 32.0 Å². The lowest BCUT2D eigenvalue weighted by Gasteiger charge is -2.26. The zero-order valence-electron chi connectivity index (χ0n) is 14.3. The Hall–Kier alpha value is -2.42. The molecule has 2 aromatic rings. The number of nitro groups is 1.